The van der Waals surface area contributed by atoms with Crippen LogP contribution in [0.2, 0.25) is 5.02 Å². The van der Waals surface area contributed by atoms with Gasteiger partial charge in [-0.05, 0) is 31.5 Å². The number of benzene rings is 1. The normalized spacial score (nSPS) is 14.6. The van der Waals surface area contributed by atoms with E-state index < -0.39 is 6.10 Å². The second kappa shape index (κ2) is 6.09. The van der Waals surface area contributed by atoms with E-state index in [-0.39, 0.29) is 6.10 Å². The maximum Gasteiger partial charge on any atom is 0.138 e. The number of methoxy groups -OCH3 is 1. The minimum absolute atomic E-state index is 0.0556. The minimum atomic E-state index is -0.525. The molecule has 1 unspecified atom stereocenters. The van der Waals surface area contributed by atoms with Crippen LogP contribution in [0.3, 0.4) is 0 Å². The van der Waals surface area contributed by atoms with E-state index >= 15 is 0 Å². The van der Waals surface area contributed by atoms with Crippen molar-refractivity contribution in [3.8, 4) is 5.75 Å². The van der Waals surface area contributed by atoms with Gasteiger partial charge in [0.1, 0.15) is 11.9 Å². The number of aliphatic hydroxyl groups is 1. The van der Waals surface area contributed by atoms with E-state index in [1.807, 2.05) is 6.92 Å². The largest absolute Gasteiger partial charge is 0.487 e. The van der Waals surface area contributed by atoms with Gasteiger partial charge in [0.15, 0.2) is 0 Å². The van der Waals surface area contributed by atoms with Crippen molar-refractivity contribution in [1.29, 1.82) is 0 Å². The molecule has 0 radical (unpaired) electrons. The number of hydrogen-bond acceptors (Lipinski definition) is 3. The topological polar surface area (TPSA) is 38.7 Å². The summed E-state index contributed by atoms with van der Waals surface area (Å²) in [4.78, 5) is 0. The monoisotopic (exact) mass is 244 g/mol. The number of halogens is 1. The van der Waals surface area contributed by atoms with Crippen molar-refractivity contribution in [1.82, 2.24) is 0 Å². The summed E-state index contributed by atoms with van der Waals surface area (Å²) in [7, 11) is 1.62. The lowest BCUT2D eigenvalue weighted by Gasteiger charge is -2.15. The van der Waals surface area contributed by atoms with Gasteiger partial charge in [-0.2, -0.15) is 0 Å². The molecule has 90 valence electrons. The van der Waals surface area contributed by atoms with Gasteiger partial charge in [0.05, 0.1) is 17.7 Å². The van der Waals surface area contributed by atoms with E-state index in [1.54, 1.807) is 32.2 Å². The lowest BCUT2D eigenvalue weighted by atomic mass is 10.1. The van der Waals surface area contributed by atoms with Crippen LogP contribution < -0.4 is 4.74 Å². The van der Waals surface area contributed by atoms with Crippen molar-refractivity contribution in [3.05, 3.63) is 28.8 Å². The summed E-state index contributed by atoms with van der Waals surface area (Å²) in [5, 5.41) is 9.89. The van der Waals surface area contributed by atoms with Gasteiger partial charge in [-0.1, -0.05) is 17.7 Å². The van der Waals surface area contributed by atoms with Crippen LogP contribution in [-0.4, -0.2) is 24.9 Å². The zero-order chi connectivity index (χ0) is 12.1. The molecular formula is C12H17ClO3. The molecule has 0 aliphatic rings. The second-order valence-electron chi connectivity index (χ2n) is 3.75. The van der Waals surface area contributed by atoms with Gasteiger partial charge in [0.25, 0.3) is 0 Å². The molecule has 0 saturated carbocycles. The van der Waals surface area contributed by atoms with E-state index in [4.69, 9.17) is 21.1 Å². The van der Waals surface area contributed by atoms with E-state index in [2.05, 4.69) is 0 Å². The van der Waals surface area contributed by atoms with E-state index in [0.29, 0.717) is 17.4 Å². The number of aliphatic hydroxyl groups excluding tert-OH is 1. The highest BCUT2D eigenvalue weighted by Crippen LogP contribution is 2.28. The number of rotatable bonds is 5. The third kappa shape index (κ3) is 3.67. The summed E-state index contributed by atoms with van der Waals surface area (Å²) in [6.07, 6.45) is -0.581. The van der Waals surface area contributed by atoms with Gasteiger partial charge < -0.3 is 14.6 Å². The molecule has 0 aliphatic heterocycles. The molecule has 1 N–H and O–H groups in total. The first-order valence-corrected chi connectivity index (χ1v) is 5.55. The quantitative estimate of drug-likeness (QED) is 0.866. The maximum atomic E-state index is 9.39. The van der Waals surface area contributed by atoms with Gasteiger partial charge in [-0.3, -0.25) is 0 Å². The van der Waals surface area contributed by atoms with Crippen LogP contribution in [0.15, 0.2) is 18.2 Å². The van der Waals surface area contributed by atoms with Crippen LogP contribution in [0.5, 0.6) is 5.75 Å². The Balaban J connectivity index is 2.75. The Labute approximate surface area is 101 Å². The first kappa shape index (κ1) is 13.3. The average molecular weight is 245 g/mol. The molecule has 0 aliphatic carbocycles. The molecule has 1 aromatic rings. The molecule has 1 rings (SSSR count). The zero-order valence-corrected chi connectivity index (χ0v) is 10.5. The number of ether oxygens (including phenoxy) is 2. The molecule has 0 fully saturated rings. The molecule has 0 saturated heterocycles. The van der Waals surface area contributed by atoms with Crippen LogP contribution in [-0.2, 0) is 4.74 Å². The fourth-order valence-electron chi connectivity index (χ4n) is 1.36. The Bertz CT molecular complexity index is 339. The highest BCUT2D eigenvalue weighted by atomic mass is 35.5. The molecule has 4 heteroatoms. The van der Waals surface area contributed by atoms with Crippen LogP contribution in [0.4, 0.5) is 0 Å². The Hall–Kier alpha value is -0.770. The van der Waals surface area contributed by atoms with Gasteiger partial charge >= 0.3 is 0 Å². The molecule has 0 spiro atoms. The molecule has 2 atom stereocenters. The standard InChI is InChI=1S/C12H17ClO3/c1-8(7-15-3)16-12-5-4-10(9(2)14)6-11(12)13/h4-6,8-9,14H,7H2,1-3H3/t8?,9-/m1/s1. The van der Waals surface area contributed by atoms with Gasteiger partial charge in [0, 0.05) is 7.11 Å². The zero-order valence-electron chi connectivity index (χ0n) is 9.74. The molecule has 0 aromatic heterocycles. The summed E-state index contributed by atoms with van der Waals surface area (Å²) in [6.45, 7) is 4.11. The Morgan fingerprint density at radius 3 is 2.56 bits per heavy atom. The summed E-state index contributed by atoms with van der Waals surface area (Å²) in [5.74, 6) is 0.607. The van der Waals surface area contributed by atoms with Crippen molar-refractivity contribution in [2.45, 2.75) is 26.1 Å². The number of hydrogen-bond donors (Lipinski definition) is 1. The third-order valence-corrected chi connectivity index (χ3v) is 2.46. The lowest BCUT2D eigenvalue weighted by molar-refractivity contribution is 0.0921. The predicted octanol–water partition coefficient (Wildman–Crippen LogP) is 2.81. The highest BCUT2D eigenvalue weighted by Gasteiger charge is 2.09. The maximum absolute atomic E-state index is 9.39. The smallest absolute Gasteiger partial charge is 0.138 e. The van der Waals surface area contributed by atoms with Gasteiger partial charge in [-0.15, -0.1) is 0 Å². The highest BCUT2D eigenvalue weighted by molar-refractivity contribution is 6.32. The van der Waals surface area contributed by atoms with E-state index in [0.717, 1.165) is 5.56 Å². The fraction of sp³-hybridized carbons (Fsp3) is 0.500. The van der Waals surface area contributed by atoms with Crippen molar-refractivity contribution in [3.63, 3.8) is 0 Å². The van der Waals surface area contributed by atoms with E-state index in [1.165, 1.54) is 0 Å². The van der Waals surface area contributed by atoms with Gasteiger partial charge in [-0.25, -0.2) is 0 Å². The molecular weight excluding hydrogens is 228 g/mol. The molecule has 0 bridgehead atoms. The second-order valence-corrected chi connectivity index (χ2v) is 4.16. The molecule has 3 nitrogen and oxygen atoms in total. The van der Waals surface area contributed by atoms with Crippen molar-refractivity contribution < 1.29 is 14.6 Å². The Kier molecular flexibility index (Phi) is 5.06. The van der Waals surface area contributed by atoms with Crippen LogP contribution in [0, 0.1) is 0 Å². The van der Waals surface area contributed by atoms with Crippen LogP contribution >= 0.6 is 11.6 Å². The van der Waals surface area contributed by atoms with Gasteiger partial charge in [0.2, 0.25) is 0 Å². The lowest BCUT2D eigenvalue weighted by Crippen LogP contribution is -2.18. The fourth-order valence-corrected chi connectivity index (χ4v) is 1.59. The van der Waals surface area contributed by atoms with Crippen LogP contribution in [0.25, 0.3) is 0 Å². The minimum Gasteiger partial charge on any atom is -0.487 e. The third-order valence-electron chi connectivity index (χ3n) is 2.17. The van der Waals surface area contributed by atoms with Crippen molar-refractivity contribution in [2.24, 2.45) is 0 Å². The Morgan fingerprint density at radius 2 is 2.06 bits per heavy atom. The summed E-state index contributed by atoms with van der Waals surface area (Å²) < 4.78 is 10.6. The summed E-state index contributed by atoms with van der Waals surface area (Å²) in [5.41, 5.74) is 0.775. The van der Waals surface area contributed by atoms with Crippen molar-refractivity contribution >= 4 is 11.6 Å². The molecule has 0 heterocycles. The molecule has 0 amide bonds. The first-order valence-electron chi connectivity index (χ1n) is 5.17. The average Bonchev–Trinajstić information content (AvgIpc) is 2.21. The van der Waals surface area contributed by atoms with Crippen LogP contribution in [0.1, 0.15) is 25.5 Å². The van der Waals surface area contributed by atoms with Crippen molar-refractivity contribution in [2.75, 3.05) is 13.7 Å². The SMILES string of the molecule is COCC(C)Oc1ccc([C@@H](C)O)cc1Cl. The summed E-state index contributed by atoms with van der Waals surface area (Å²) >= 11 is 6.04. The van der Waals surface area contributed by atoms with E-state index in [9.17, 15) is 5.11 Å². The Morgan fingerprint density at radius 1 is 1.38 bits per heavy atom. The summed E-state index contributed by atoms with van der Waals surface area (Å²) in [6, 6.07) is 5.27. The molecule has 1 aromatic carbocycles. The predicted molar refractivity (Wildman–Crippen MR) is 64.1 cm³/mol. The first-order chi connectivity index (χ1) is 7.54. The molecule has 16 heavy (non-hydrogen) atoms.